The van der Waals surface area contributed by atoms with E-state index in [1.54, 1.807) is 18.2 Å². The third-order valence-electron chi connectivity index (χ3n) is 1.57. The van der Waals surface area contributed by atoms with Crippen LogP contribution in [0.25, 0.3) is 0 Å². The van der Waals surface area contributed by atoms with Crippen molar-refractivity contribution in [3.63, 3.8) is 0 Å². The lowest BCUT2D eigenvalue weighted by atomic mass is 10.2. The first kappa shape index (κ1) is 11.2. The van der Waals surface area contributed by atoms with Crippen molar-refractivity contribution in [2.45, 2.75) is 6.18 Å². The number of aliphatic imine (C=N–C) groups is 1. The smallest absolute Gasteiger partial charge is 0.380 e. The van der Waals surface area contributed by atoms with Crippen molar-refractivity contribution in [2.75, 3.05) is 0 Å². The molecule has 0 aromatic heterocycles. The SMILES string of the molecule is N=C(N=C(N)C(F)(F)F)c1ccccc1. The molecule has 0 spiro atoms. The number of hydrogen-bond acceptors (Lipinski definition) is 1. The predicted molar refractivity (Wildman–Crippen MR) is 50.9 cm³/mol. The summed E-state index contributed by atoms with van der Waals surface area (Å²) >= 11 is 0. The standard InChI is InChI=1S/C9H8F3N3/c10-9(11,12)8(14)15-7(13)6-4-2-1-3-5-6/h1-5H,(H3,13,14,15). The van der Waals surface area contributed by atoms with Crippen molar-refractivity contribution in [1.29, 1.82) is 5.41 Å². The number of hydrogen-bond donors (Lipinski definition) is 2. The first-order chi connectivity index (χ1) is 6.91. The van der Waals surface area contributed by atoms with Crippen LogP contribution in [0.5, 0.6) is 0 Å². The quantitative estimate of drug-likeness (QED) is 0.545. The zero-order valence-corrected chi connectivity index (χ0v) is 7.55. The molecule has 0 unspecified atom stereocenters. The van der Waals surface area contributed by atoms with E-state index in [0.717, 1.165) is 0 Å². The molecule has 0 aliphatic carbocycles. The van der Waals surface area contributed by atoms with Gasteiger partial charge in [0, 0.05) is 5.56 Å². The molecule has 3 nitrogen and oxygen atoms in total. The van der Waals surface area contributed by atoms with E-state index in [1.807, 2.05) is 0 Å². The summed E-state index contributed by atoms with van der Waals surface area (Å²) < 4.78 is 35.9. The van der Waals surface area contributed by atoms with Crippen molar-refractivity contribution in [2.24, 2.45) is 10.7 Å². The van der Waals surface area contributed by atoms with Crippen LogP contribution < -0.4 is 5.73 Å². The lowest BCUT2D eigenvalue weighted by molar-refractivity contribution is -0.0597. The fourth-order valence-corrected chi connectivity index (χ4v) is 0.844. The van der Waals surface area contributed by atoms with Gasteiger partial charge in [-0.15, -0.1) is 0 Å². The van der Waals surface area contributed by atoms with Crippen LogP contribution in [0, 0.1) is 5.41 Å². The van der Waals surface area contributed by atoms with Gasteiger partial charge in [0.2, 0.25) is 5.84 Å². The molecule has 3 N–H and O–H groups in total. The van der Waals surface area contributed by atoms with Crippen LogP contribution in [-0.4, -0.2) is 17.8 Å². The van der Waals surface area contributed by atoms with E-state index in [4.69, 9.17) is 5.41 Å². The van der Waals surface area contributed by atoms with Gasteiger partial charge in [0.15, 0.2) is 5.84 Å². The van der Waals surface area contributed by atoms with Crippen molar-refractivity contribution in [3.8, 4) is 0 Å². The normalized spacial score (nSPS) is 12.6. The second-order valence-corrected chi connectivity index (χ2v) is 2.71. The van der Waals surface area contributed by atoms with Crippen LogP contribution in [0.2, 0.25) is 0 Å². The third-order valence-corrected chi connectivity index (χ3v) is 1.57. The molecule has 15 heavy (non-hydrogen) atoms. The van der Waals surface area contributed by atoms with E-state index in [0.29, 0.717) is 0 Å². The number of rotatable bonds is 1. The van der Waals surface area contributed by atoms with Gasteiger partial charge >= 0.3 is 6.18 Å². The van der Waals surface area contributed by atoms with Gasteiger partial charge in [0.25, 0.3) is 0 Å². The lowest BCUT2D eigenvalue weighted by Crippen LogP contribution is -2.32. The van der Waals surface area contributed by atoms with Gasteiger partial charge in [-0.05, 0) is 0 Å². The summed E-state index contributed by atoms with van der Waals surface area (Å²) in [5, 5.41) is 7.27. The highest BCUT2D eigenvalue weighted by Gasteiger charge is 2.33. The van der Waals surface area contributed by atoms with Gasteiger partial charge < -0.3 is 5.73 Å². The van der Waals surface area contributed by atoms with E-state index in [2.05, 4.69) is 10.7 Å². The Balaban J connectivity index is 2.90. The maximum Gasteiger partial charge on any atom is 0.449 e. The molecule has 0 saturated carbocycles. The summed E-state index contributed by atoms with van der Waals surface area (Å²) in [6.45, 7) is 0. The van der Waals surface area contributed by atoms with Gasteiger partial charge in [-0.1, -0.05) is 30.3 Å². The summed E-state index contributed by atoms with van der Waals surface area (Å²) in [5.41, 5.74) is 4.96. The van der Waals surface area contributed by atoms with Gasteiger partial charge in [-0.25, -0.2) is 4.99 Å². The Bertz CT molecular complexity index is 381. The summed E-state index contributed by atoms with van der Waals surface area (Å²) in [5.74, 6) is -2.03. The second-order valence-electron chi connectivity index (χ2n) is 2.71. The van der Waals surface area contributed by atoms with Gasteiger partial charge in [-0.3, -0.25) is 5.41 Å². The number of alkyl halides is 3. The molecule has 0 bridgehead atoms. The first-order valence-electron chi connectivity index (χ1n) is 3.96. The fraction of sp³-hybridized carbons (Fsp3) is 0.111. The topological polar surface area (TPSA) is 62.2 Å². The number of halogens is 3. The molecule has 0 heterocycles. The fourth-order valence-electron chi connectivity index (χ4n) is 0.844. The van der Waals surface area contributed by atoms with Crippen LogP contribution in [0.15, 0.2) is 35.3 Å². The Kier molecular flexibility index (Phi) is 3.08. The molecular weight excluding hydrogens is 207 g/mol. The zero-order chi connectivity index (χ0) is 11.5. The summed E-state index contributed by atoms with van der Waals surface area (Å²) in [7, 11) is 0. The van der Waals surface area contributed by atoms with Crippen LogP contribution in [0.1, 0.15) is 5.56 Å². The molecule has 1 aromatic rings. The van der Waals surface area contributed by atoms with Crippen LogP contribution in [0.4, 0.5) is 13.2 Å². The number of nitrogens with one attached hydrogen (secondary N) is 1. The van der Waals surface area contributed by atoms with Crippen molar-refractivity contribution < 1.29 is 13.2 Å². The number of amidine groups is 2. The highest BCUT2D eigenvalue weighted by Crippen LogP contribution is 2.15. The minimum Gasteiger partial charge on any atom is -0.380 e. The predicted octanol–water partition coefficient (Wildman–Crippen LogP) is 1.93. The minimum atomic E-state index is -4.69. The van der Waals surface area contributed by atoms with Crippen molar-refractivity contribution >= 4 is 11.7 Å². The number of nitrogens with two attached hydrogens (primary N) is 1. The Morgan fingerprint density at radius 2 is 1.73 bits per heavy atom. The first-order valence-corrected chi connectivity index (χ1v) is 3.96. The molecule has 0 aliphatic heterocycles. The highest BCUT2D eigenvalue weighted by atomic mass is 19.4. The molecule has 0 radical (unpaired) electrons. The molecule has 0 amide bonds. The zero-order valence-electron chi connectivity index (χ0n) is 7.55. The average Bonchev–Trinajstić information content (AvgIpc) is 2.17. The third kappa shape index (κ3) is 3.08. The molecule has 1 aromatic carbocycles. The van der Waals surface area contributed by atoms with Crippen LogP contribution in [0.3, 0.4) is 0 Å². The van der Waals surface area contributed by atoms with Gasteiger partial charge in [-0.2, -0.15) is 13.2 Å². The molecule has 0 atom stereocenters. The van der Waals surface area contributed by atoms with E-state index in [9.17, 15) is 13.2 Å². The molecular formula is C9H8F3N3. The van der Waals surface area contributed by atoms with E-state index < -0.39 is 17.8 Å². The Labute approximate surface area is 83.9 Å². The Morgan fingerprint density at radius 3 is 2.20 bits per heavy atom. The van der Waals surface area contributed by atoms with Crippen molar-refractivity contribution in [3.05, 3.63) is 35.9 Å². The number of nitrogens with zero attached hydrogens (tertiary/aromatic N) is 1. The van der Waals surface area contributed by atoms with Crippen LogP contribution in [-0.2, 0) is 0 Å². The largest absolute Gasteiger partial charge is 0.449 e. The summed E-state index contributed by atoms with van der Waals surface area (Å²) in [6.07, 6.45) is -4.69. The monoisotopic (exact) mass is 215 g/mol. The number of benzene rings is 1. The van der Waals surface area contributed by atoms with E-state index >= 15 is 0 Å². The Morgan fingerprint density at radius 1 is 1.20 bits per heavy atom. The highest BCUT2D eigenvalue weighted by molar-refractivity contribution is 6.05. The maximum absolute atomic E-state index is 12.0. The molecule has 1 rings (SSSR count). The second kappa shape index (κ2) is 4.12. The summed E-state index contributed by atoms with van der Waals surface area (Å²) in [4.78, 5) is 2.97. The van der Waals surface area contributed by atoms with Crippen LogP contribution >= 0.6 is 0 Å². The molecule has 6 heteroatoms. The maximum atomic E-state index is 12.0. The van der Waals surface area contributed by atoms with Gasteiger partial charge in [0.05, 0.1) is 0 Å². The molecule has 80 valence electrons. The minimum absolute atomic E-state index is 0.282. The average molecular weight is 215 g/mol. The molecule has 0 saturated heterocycles. The molecule has 0 aliphatic rings. The lowest BCUT2D eigenvalue weighted by Gasteiger charge is -2.05. The summed E-state index contributed by atoms with van der Waals surface area (Å²) in [6, 6.07) is 7.85. The van der Waals surface area contributed by atoms with Gasteiger partial charge in [0.1, 0.15) is 0 Å². The molecule has 0 fully saturated rings. The van der Waals surface area contributed by atoms with Crippen molar-refractivity contribution in [1.82, 2.24) is 0 Å². The Hall–Kier alpha value is -1.85. The van der Waals surface area contributed by atoms with E-state index in [1.165, 1.54) is 12.1 Å². The van der Waals surface area contributed by atoms with E-state index in [-0.39, 0.29) is 5.56 Å².